The van der Waals surface area contributed by atoms with Crippen LogP contribution in [0.5, 0.6) is 0 Å². The molecule has 0 unspecified atom stereocenters. The fourth-order valence-corrected chi connectivity index (χ4v) is 2.84. The number of nitro benzene ring substituents is 1. The van der Waals surface area contributed by atoms with Crippen LogP contribution < -0.4 is 0 Å². The molecule has 0 spiro atoms. The van der Waals surface area contributed by atoms with Crippen molar-refractivity contribution in [2.45, 2.75) is 39.0 Å². The maximum Gasteiger partial charge on any atom is 0.339 e. The number of amides is 1. The van der Waals surface area contributed by atoms with Crippen molar-refractivity contribution < 1.29 is 19.2 Å². The van der Waals surface area contributed by atoms with Crippen LogP contribution in [0.4, 0.5) is 5.69 Å². The highest BCUT2D eigenvalue weighted by Gasteiger charge is 2.21. The number of carbonyl (C=O) groups is 2. The third-order valence-corrected chi connectivity index (χ3v) is 4.26. The number of carbonyl (C=O) groups excluding carboxylic acids is 2. The Hall–Kier alpha value is -2.44. The third-order valence-electron chi connectivity index (χ3n) is 4.26. The molecule has 1 aromatic rings. The van der Waals surface area contributed by atoms with Gasteiger partial charge < -0.3 is 9.64 Å². The second-order valence-electron chi connectivity index (χ2n) is 5.93. The molecule has 0 aromatic heterocycles. The fraction of sp³-hybridized carbons (Fsp3) is 0.529. The topological polar surface area (TPSA) is 89.8 Å². The van der Waals surface area contributed by atoms with Crippen LogP contribution in [0.1, 0.15) is 48.0 Å². The van der Waals surface area contributed by atoms with E-state index < -0.39 is 10.9 Å². The summed E-state index contributed by atoms with van der Waals surface area (Å²) in [6, 6.07) is 4.23. The SMILES string of the molecule is Cc1c(C(=O)OCC(=O)N2CCCCCCC2)cccc1[N+](=O)[O-]. The second kappa shape index (κ2) is 8.42. The molecule has 0 N–H and O–H groups in total. The Bertz CT molecular complexity index is 621. The normalized spacial score (nSPS) is 15.3. The van der Waals surface area contributed by atoms with Crippen LogP contribution in [0.25, 0.3) is 0 Å². The summed E-state index contributed by atoms with van der Waals surface area (Å²) in [5.41, 5.74) is 0.218. The highest BCUT2D eigenvalue weighted by atomic mass is 16.6. The summed E-state index contributed by atoms with van der Waals surface area (Å²) in [4.78, 5) is 36.4. The smallest absolute Gasteiger partial charge is 0.339 e. The van der Waals surface area contributed by atoms with Crippen molar-refractivity contribution in [3.63, 3.8) is 0 Å². The third kappa shape index (κ3) is 4.53. The Morgan fingerprint density at radius 1 is 1.17 bits per heavy atom. The summed E-state index contributed by atoms with van der Waals surface area (Å²) in [5, 5.41) is 10.9. The monoisotopic (exact) mass is 334 g/mol. The molecule has 1 fully saturated rings. The van der Waals surface area contributed by atoms with Gasteiger partial charge in [0, 0.05) is 24.7 Å². The number of nitro groups is 1. The van der Waals surface area contributed by atoms with Crippen molar-refractivity contribution in [2.75, 3.05) is 19.7 Å². The van der Waals surface area contributed by atoms with Crippen LogP contribution in [0.15, 0.2) is 18.2 Å². The Morgan fingerprint density at radius 3 is 2.42 bits per heavy atom. The van der Waals surface area contributed by atoms with Crippen molar-refractivity contribution in [3.05, 3.63) is 39.4 Å². The van der Waals surface area contributed by atoms with E-state index in [-0.39, 0.29) is 29.3 Å². The van der Waals surface area contributed by atoms with Crippen molar-refractivity contribution in [3.8, 4) is 0 Å². The molecular formula is C17H22N2O5. The molecule has 0 bridgehead atoms. The van der Waals surface area contributed by atoms with Crippen LogP contribution in [-0.2, 0) is 9.53 Å². The number of esters is 1. The molecule has 2 rings (SSSR count). The Labute approximate surface area is 140 Å². The second-order valence-corrected chi connectivity index (χ2v) is 5.93. The number of likely N-dealkylation sites (tertiary alicyclic amines) is 1. The molecular weight excluding hydrogens is 312 g/mol. The minimum atomic E-state index is -0.711. The molecule has 1 aliphatic rings. The van der Waals surface area contributed by atoms with Gasteiger partial charge in [-0.1, -0.05) is 25.3 Å². The first-order chi connectivity index (χ1) is 11.5. The average Bonchev–Trinajstić information content (AvgIpc) is 2.52. The molecule has 0 atom stereocenters. The van der Waals surface area contributed by atoms with E-state index in [9.17, 15) is 19.7 Å². The lowest BCUT2D eigenvalue weighted by atomic mass is 10.1. The van der Waals surface area contributed by atoms with E-state index in [2.05, 4.69) is 0 Å². The van der Waals surface area contributed by atoms with Crippen molar-refractivity contribution >= 4 is 17.6 Å². The van der Waals surface area contributed by atoms with Crippen LogP contribution >= 0.6 is 0 Å². The molecule has 7 heteroatoms. The summed E-state index contributed by atoms with van der Waals surface area (Å²) in [7, 11) is 0. The van der Waals surface area contributed by atoms with Crippen LogP contribution in [0.3, 0.4) is 0 Å². The minimum Gasteiger partial charge on any atom is -0.452 e. The molecule has 1 amide bonds. The zero-order valence-electron chi connectivity index (χ0n) is 13.8. The van der Waals surface area contributed by atoms with Gasteiger partial charge in [0.2, 0.25) is 0 Å². The molecule has 1 aliphatic heterocycles. The molecule has 7 nitrogen and oxygen atoms in total. The number of rotatable bonds is 4. The Morgan fingerprint density at radius 2 is 1.79 bits per heavy atom. The van der Waals surface area contributed by atoms with E-state index in [4.69, 9.17) is 4.74 Å². The number of hydrogen-bond donors (Lipinski definition) is 0. The van der Waals surface area contributed by atoms with E-state index in [0.29, 0.717) is 13.1 Å². The van der Waals surface area contributed by atoms with Crippen LogP contribution in [0.2, 0.25) is 0 Å². The maximum atomic E-state index is 12.2. The molecule has 1 heterocycles. The lowest BCUT2D eigenvalue weighted by molar-refractivity contribution is -0.385. The van der Waals surface area contributed by atoms with Gasteiger partial charge in [0.1, 0.15) is 0 Å². The standard InChI is InChI=1S/C17H22N2O5/c1-13-14(8-7-9-15(13)19(22)23)17(21)24-12-16(20)18-10-5-3-2-4-6-11-18/h7-9H,2-6,10-12H2,1H3. The summed E-state index contributed by atoms with van der Waals surface area (Å²) < 4.78 is 5.08. The summed E-state index contributed by atoms with van der Waals surface area (Å²) >= 11 is 0. The van der Waals surface area contributed by atoms with Gasteiger partial charge in [-0.25, -0.2) is 4.79 Å². The average molecular weight is 334 g/mol. The lowest BCUT2D eigenvalue weighted by Gasteiger charge is -2.24. The van der Waals surface area contributed by atoms with Gasteiger partial charge in [0.25, 0.3) is 11.6 Å². The van der Waals surface area contributed by atoms with E-state index in [1.165, 1.54) is 31.5 Å². The summed E-state index contributed by atoms with van der Waals surface area (Å²) in [5.74, 6) is -0.926. The summed E-state index contributed by atoms with van der Waals surface area (Å²) in [6.07, 6.45) is 5.34. The minimum absolute atomic E-state index is 0.115. The van der Waals surface area contributed by atoms with Crippen molar-refractivity contribution in [1.29, 1.82) is 0 Å². The van der Waals surface area contributed by atoms with Crippen LogP contribution in [0, 0.1) is 17.0 Å². The maximum absolute atomic E-state index is 12.2. The van der Waals surface area contributed by atoms with Gasteiger partial charge >= 0.3 is 5.97 Å². The molecule has 1 saturated heterocycles. The predicted molar refractivity (Wildman–Crippen MR) is 87.8 cm³/mol. The van der Waals surface area contributed by atoms with Gasteiger partial charge in [-0.05, 0) is 25.8 Å². The van der Waals surface area contributed by atoms with Gasteiger partial charge in [-0.15, -0.1) is 0 Å². The Balaban J connectivity index is 1.96. The van der Waals surface area contributed by atoms with E-state index in [1.54, 1.807) is 4.90 Å². The quantitative estimate of drug-likeness (QED) is 0.480. The largest absolute Gasteiger partial charge is 0.452 e. The van der Waals surface area contributed by atoms with E-state index in [0.717, 1.165) is 25.7 Å². The van der Waals surface area contributed by atoms with Gasteiger partial charge in [0.05, 0.1) is 10.5 Å². The Kier molecular flexibility index (Phi) is 6.28. The molecule has 130 valence electrons. The fourth-order valence-electron chi connectivity index (χ4n) is 2.84. The van der Waals surface area contributed by atoms with E-state index in [1.807, 2.05) is 0 Å². The highest BCUT2D eigenvalue weighted by molar-refractivity contribution is 5.93. The highest BCUT2D eigenvalue weighted by Crippen LogP contribution is 2.21. The molecule has 0 aliphatic carbocycles. The molecule has 0 radical (unpaired) electrons. The van der Waals surface area contributed by atoms with Crippen molar-refractivity contribution in [2.24, 2.45) is 0 Å². The number of benzene rings is 1. The first kappa shape index (κ1) is 17.9. The van der Waals surface area contributed by atoms with Crippen LogP contribution in [-0.4, -0.2) is 41.4 Å². The number of nitrogens with zero attached hydrogens (tertiary/aromatic N) is 2. The molecule has 0 saturated carbocycles. The van der Waals surface area contributed by atoms with Crippen molar-refractivity contribution in [1.82, 2.24) is 4.90 Å². The van der Waals surface area contributed by atoms with Gasteiger partial charge in [-0.2, -0.15) is 0 Å². The first-order valence-electron chi connectivity index (χ1n) is 8.19. The first-order valence-corrected chi connectivity index (χ1v) is 8.19. The zero-order valence-corrected chi connectivity index (χ0v) is 13.8. The van der Waals surface area contributed by atoms with E-state index >= 15 is 0 Å². The zero-order chi connectivity index (χ0) is 17.5. The lowest BCUT2D eigenvalue weighted by Crippen LogP contribution is -2.37. The number of ether oxygens (including phenoxy) is 1. The van der Waals surface area contributed by atoms with Gasteiger partial charge in [-0.3, -0.25) is 14.9 Å². The van der Waals surface area contributed by atoms with Gasteiger partial charge in [0.15, 0.2) is 6.61 Å². The predicted octanol–water partition coefficient (Wildman–Crippen LogP) is 2.85. The summed E-state index contributed by atoms with van der Waals surface area (Å²) in [6.45, 7) is 2.54. The number of hydrogen-bond acceptors (Lipinski definition) is 5. The molecule has 1 aromatic carbocycles. The molecule has 24 heavy (non-hydrogen) atoms.